The standard InChI is InChI=1S/C21H34N4O2/c1-17-8-12-25(13-9-17)11-4-3-10-23-21(22-2)24-18-6-7-19-20(16-18)27-15-5-14-26-19/h6-7,16-17H,3-5,8-15H2,1-2H3,(H2,22,23,24). The van der Waals surface area contributed by atoms with E-state index in [4.69, 9.17) is 9.47 Å². The number of nitrogens with one attached hydrogen (secondary N) is 2. The molecular formula is C21H34N4O2. The molecule has 1 aromatic rings. The maximum Gasteiger partial charge on any atom is 0.195 e. The molecule has 1 aromatic carbocycles. The molecule has 0 aromatic heterocycles. The van der Waals surface area contributed by atoms with Crippen LogP contribution in [0.2, 0.25) is 0 Å². The fourth-order valence-electron chi connectivity index (χ4n) is 3.51. The summed E-state index contributed by atoms with van der Waals surface area (Å²) in [6.07, 6.45) is 5.99. The summed E-state index contributed by atoms with van der Waals surface area (Å²) in [5.41, 5.74) is 0.954. The Labute approximate surface area is 163 Å². The van der Waals surface area contributed by atoms with E-state index in [1.165, 1.54) is 38.9 Å². The lowest BCUT2D eigenvalue weighted by Gasteiger charge is -2.30. The van der Waals surface area contributed by atoms with Crippen LogP contribution in [-0.2, 0) is 0 Å². The minimum atomic E-state index is 0.694. The molecule has 0 atom stereocenters. The molecule has 27 heavy (non-hydrogen) atoms. The van der Waals surface area contributed by atoms with Gasteiger partial charge in [-0.25, -0.2) is 0 Å². The van der Waals surface area contributed by atoms with Crippen molar-refractivity contribution in [1.29, 1.82) is 0 Å². The predicted octanol–water partition coefficient (Wildman–Crippen LogP) is 3.35. The Morgan fingerprint density at radius 1 is 1.15 bits per heavy atom. The number of nitrogens with zero attached hydrogens (tertiary/aromatic N) is 2. The van der Waals surface area contributed by atoms with E-state index in [2.05, 4.69) is 27.4 Å². The Kier molecular flexibility index (Phi) is 7.63. The quantitative estimate of drug-likeness (QED) is 0.454. The highest BCUT2D eigenvalue weighted by Gasteiger charge is 2.15. The average molecular weight is 375 g/mol. The van der Waals surface area contributed by atoms with E-state index in [9.17, 15) is 0 Å². The minimum Gasteiger partial charge on any atom is -0.490 e. The Morgan fingerprint density at radius 3 is 2.70 bits per heavy atom. The van der Waals surface area contributed by atoms with Crippen LogP contribution in [0, 0.1) is 5.92 Å². The van der Waals surface area contributed by atoms with Crippen LogP contribution in [0.3, 0.4) is 0 Å². The lowest BCUT2D eigenvalue weighted by molar-refractivity contribution is 0.189. The molecule has 0 bridgehead atoms. The van der Waals surface area contributed by atoms with Crippen molar-refractivity contribution in [2.45, 2.75) is 39.0 Å². The number of rotatable bonds is 6. The molecule has 3 rings (SSSR count). The number of aliphatic imine (C=N–C) groups is 1. The van der Waals surface area contributed by atoms with Gasteiger partial charge in [-0.15, -0.1) is 0 Å². The molecule has 0 amide bonds. The number of ether oxygens (including phenoxy) is 2. The molecule has 6 nitrogen and oxygen atoms in total. The van der Waals surface area contributed by atoms with Crippen molar-refractivity contribution in [1.82, 2.24) is 10.2 Å². The van der Waals surface area contributed by atoms with Crippen LogP contribution in [0.1, 0.15) is 39.0 Å². The summed E-state index contributed by atoms with van der Waals surface area (Å²) in [5.74, 6) is 3.30. The highest BCUT2D eigenvalue weighted by molar-refractivity contribution is 5.93. The summed E-state index contributed by atoms with van der Waals surface area (Å²) in [5, 5.41) is 6.74. The van der Waals surface area contributed by atoms with E-state index in [1.807, 2.05) is 18.2 Å². The number of unbranched alkanes of at least 4 members (excludes halogenated alkanes) is 1. The molecule has 0 saturated carbocycles. The predicted molar refractivity (Wildman–Crippen MR) is 111 cm³/mol. The fraction of sp³-hybridized carbons (Fsp3) is 0.667. The molecule has 1 saturated heterocycles. The lowest BCUT2D eigenvalue weighted by atomic mass is 9.99. The molecular weight excluding hydrogens is 340 g/mol. The van der Waals surface area contributed by atoms with Crippen LogP contribution in [-0.4, -0.2) is 57.3 Å². The number of hydrogen-bond acceptors (Lipinski definition) is 4. The Morgan fingerprint density at radius 2 is 1.93 bits per heavy atom. The van der Waals surface area contributed by atoms with Crippen LogP contribution >= 0.6 is 0 Å². The fourth-order valence-corrected chi connectivity index (χ4v) is 3.51. The van der Waals surface area contributed by atoms with E-state index in [0.29, 0.717) is 13.2 Å². The van der Waals surface area contributed by atoms with Gasteiger partial charge in [0.1, 0.15) is 0 Å². The van der Waals surface area contributed by atoms with Gasteiger partial charge in [-0.1, -0.05) is 6.92 Å². The van der Waals surface area contributed by atoms with Crippen molar-refractivity contribution in [3.05, 3.63) is 18.2 Å². The first kappa shape index (κ1) is 19.8. The summed E-state index contributed by atoms with van der Waals surface area (Å²) in [7, 11) is 1.80. The third-order valence-corrected chi connectivity index (χ3v) is 5.30. The Balaban J connectivity index is 1.37. The second-order valence-electron chi connectivity index (χ2n) is 7.57. The first-order chi connectivity index (χ1) is 13.2. The summed E-state index contributed by atoms with van der Waals surface area (Å²) < 4.78 is 11.4. The lowest BCUT2D eigenvalue weighted by Crippen LogP contribution is -2.34. The summed E-state index contributed by atoms with van der Waals surface area (Å²) in [4.78, 5) is 6.92. The van der Waals surface area contributed by atoms with Gasteiger partial charge in [0, 0.05) is 31.8 Å². The van der Waals surface area contributed by atoms with Crippen molar-refractivity contribution >= 4 is 11.6 Å². The molecule has 6 heteroatoms. The maximum absolute atomic E-state index is 5.75. The van der Waals surface area contributed by atoms with Crippen molar-refractivity contribution in [3.63, 3.8) is 0 Å². The van der Waals surface area contributed by atoms with Crippen LogP contribution in [0.25, 0.3) is 0 Å². The van der Waals surface area contributed by atoms with Crippen molar-refractivity contribution in [3.8, 4) is 11.5 Å². The minimum absolute atomic E-state index is 0.694. The first-order valence-corrected chi connectivity index (χ1v) is 10.3. The van der Waals surface area contributed by atoms with Crippen LogP contribution in [0.5, 0.6) is 11.5 Å². The van der Waals surface area contributed by atoms with Gasteiger partial charge >= 0.3 is 0 Å². The third kappa shape index (κ3) is 6.31. The van der Waals surface area contributed by atoms with Gasteiger partial charge < -0.3 is 25.0 Å². The van der Waals surface area contributed by atoms with E-state index in [1.54, 1.807) is 7.05 Å². The smallest absolute Gasteiger partial charge is 0.195 e. The molecule has 2 aliphatic rings. The van der Waals surface area contributed by atoms with E-state index in [-0.39, 0.29) is 0 Å². The van der Waals surface area contributed by atoms with Gasteiger partial charge in [0.25, 0.3) is 0 Å². The van der Waals surface area contributed by atoms with Crippen molar-refractivity contribution < 1.29 is 9.47 Å². The number of piperidine rings is 1. The number of fused-ring (bicyclic) bond motifs is 1. The Hall–Kier alpha value is -1.95. The van der Waals surface area contributed by atoms with Crippen molar-refractivity contribution in [2.24, 2.45) is 10.9 Å². The topological polar surface area (TPSA) is 58.1 Å². The van der Waals surface area contributed by atoms with Gasteiger partial charge in [0.05, 0.1) is 13.2 Å². The van der Waals surface area contributed by atoms with E-state index < -0.39 is 0 Å². The van der Waals surface area contributed by atoms with Gasteiger partial charge in [-0.3, -0.25) is 4.99 Å². The van der Waals surface area contributed by atoms with Gasteiger partial charge in [0.2, 0.25) is 0 Å². The number of hydrogen-bond donors (Lipinski definition) is 2. The molecule has 0 spiro atoms. The average Bonchev–Trinajstić information content (AvgIpc) is 2.93. The van der Waals surface area contributed by atoms with Gasteiger partial charge in [0.15, 0.2) is 17.5 Å². The first-order valence-electron chi connectivity index (χ1n) is 10.3. The van der Waals surface area contributed by atoms with E-state index >= 15 is 0 Å². The molecule has 0 aliphatic carbocycles. The highest BCUT2D eigenvalue weighted by Crippen LogP contribution is 2.32. The summed E-state index contributed by atoms with van der Waals surface area (Å²) >= 11 is 0. The number of likely N-dealkylation sites (tertiary alicyclic amines) is 1. The maximum atomic E-state index is 5.75. The molecule has 2 N–H and O–H groups in total. The SMILES string of the molecule is CN=C(NCCCCN1CCC(C)CC1)Nc1ccc2c(c1)OCCCO2. The van der Waals surface area contributed by atoms with Crippen LogP contribution < -0.4 is 20.1 Å². The molecule has 150 valence electrons. The largest absolute Gasteiger partial charge is 0.490 e. The monoisotopic (exact) mass is 374 g/mol. The second kappa shape index (κ2) is 10.4. The molecule has 2 aliphatic heterocycles. The second-order valence-corrected chi connectivity index (χ2v) is 7.57. The summed E-state index contributed by atoms with van der Waals surface area (Å²) in [6.45, 7) is 8.43. The van der Waals surface area contributed by atoms with E-state index in [0.717, 1.165) is 48.5 Å². The molecule has 1 fully saturated rings. The zero-order valence-corrected chi connectivity index (χ0v) is 16.8. The number of anilines is 1. The van der Waals surface area contributed by atoms with Gasteiger partial charge in [-0.2, -0.15) is 0 Å². The number of guanidine groups is 1. The Bertz CT molecular complexity index is 612. The zero-order chi connectivity index (χ0) is 18.9. The van der Waals surface area contributed by atoms with Crippen molar-refractivity contribution in [2.75, 3.05) is 51.8 Å². The number of benzene rings is 1. The molecule has 2 heterocycles. The molecule has 0 radical (unpaired) electrons. The third-order valence-electron chi connectivity index (χ3n) is 5.30. The molecule has 0 unspecified atom stereocenters. The normalized spacial score (nSPS) is 18.8. The highest BCUT2D eigenvalue weighted by atomic mass is 16.5. The zero-order valence-electron chi connectivity index (χ0n) is 16.8. The van der Waals surface area contributed by atoms with Gasteiger partial charge in [-0.05, 0) is 63.4 Å². The summed E-state index contributed by atoms with van der Waals surface area (Å²) in [6, 6.07) is 5.93. The van der Waals surface area contributed by atoms with Crippen LogP contribution in [0.15, 0.2) is 23.2 Å². The van der Waals surface area contributed by atoms with Crippen LogP contribution in [0.4, 0.5) is 5.69 Å².